The lowest BCUT2D eigenvalue weighted by Crippen LogP contribution is -2.11. The van der Waals surface area contributed by atoms with Gasteiger partial charge in [-0.25, -0.2) is 0 Å². The number of allylic oxidation sites excluding steroid dienone is 1. The van der Waals surface area contributed by atoms with Gasteiger partial charge in [-0.05, 0) is 32.9 Å². The third-order valence-corrected chi connectivity index (χ3v) is 1.65. The van der Waals surface area contributed by atoms with Crippen LogP contribution in [0, 0.1) is 0 Å². The molecular weight excluding hydrogens is 136 g/mol. The monoisotopic (exact) mass is 154 g/mol. The standard InChI is InChI=1S/C9H18N2/c1-5-9(7-10-4)8(3)11-6-2/h6,10H,5,7H2,1-4H3. The first kappa shape index (κ1) is 10.4. The van der Waals surface area contributed by atoms with Gasteiger partial charge < -0.3 is 5.32 Å². The highest BCUT2D eigenvalue weighted by Gasteiger charge is 1.95. The zero-order chi connectivity index (χ0) is 8.69. The van der Waals surface area contributed by atoms with Gasteiger partial charge in [0.15, 0.2) is 0 Å². The molecule has 2 heteroatoms. The van der Waals surface area contributed by atoms with Gasteiger partial charge >= 0.3 is 0 Å². The van der Waals surface area contributed by atoms with E-state index in [4.69, 9.17) is 0 Å². The summed E-state index contributed by atoms with van der Waals surface area (Å²) in [4.78, 5) is 4.23. The van der Waals surface area contributed by atoms with E-state index in [9.17, 15) is 0 Å². The van der Waals surface area contributed by atoms with E-state index in [1.165, 1.54) is 5.57 Å². The zero-order valence-corrected chi connectivity index (χ0v) is 7.94. The van der Waals surface area contributed by atoms with Crippen LogP contribution in [0.5, 0.6) is 0 Å². The van der Waals surface area contributed by atoms with Gasteiger partial charge in [-0.15, -0.1) is 0 Å². The summed E-state index contributed by atoms with van der Waals surface area (Å²) in [6.45, 7) is 7.09. The maximum atomic E-state index is 4.23. The molecule has 0 spiro atoms. The highest BCUT2D eigenvalue weighted by Crippen LogP contribution is 2.07. The van der Waals surface area contributed by atoms with Gasteiger partial charge in [-0.1, -0.05) is 6.92 Å². The molecule has 0 aromatic heterocycles. The summed E-state index contributed by atoms with van der Waals surface area (Å²) >= 11 is 0. The lowest BCUT2D eigenvalue weighted by molar-refractivity contribution is 0.829. The largest absolute Gasteiger partial charge is 0.316 e. The van der Waals surface area contributed by atoms with Crippen LogP contribution < -0.4 is 5.32 Å². The minimum atomic E-state index is 0.944. The van der Waals surface area contributed by atoms with Gasteiger partial charge in [0.05, 0.1) is 0 Å². The van der Waals surface area contributed by atoms with E-state index in [0.29, 0.717) is 0 Å². The first-order valence-electron chi connectivity index (χ1n) is 4.08. The molecule has 0 aliphatic carbocycles. The van der Waals surface area contributed by atoms with E-state index in [1.54, 1.807) is 0 Å². The molecule has 0 radical (unpaired) electrons. The van der Waals surface area contributed by atoms with Crippen LogP contribution in [0.25, 0.3) is 0 Å². The van der Waals surface area contributed by atoms with E-state index in [-0.39, 0.29) is 0 Å². The molecule has 2 nitrogen and oxygen atoms in total. The fourth-order valence-corrected chi connectivity index (χ4v) is 1.01. The maximum absolute atomic E-state index is 4.23. The lowest BCUT2D eigenvalue weighted by Gasteiger charge is -2.05. The van der Waals surface area contributed by atoms with Crippen LogP contribution in [0.1, 0.15) is 27.2 Å². The van der Waals surface area contributed by atoms with Gasteiger partial charge in [0, 0.05) is 18.5 Å². The predicted octanol–water partition coefficient (Wildman–Crippen LogP) is 1.98. The minimum absolute atomic E-state index is 0.944. The van der Waals surface area contributed by atoms with Gasteiger partial charge in [0.1, 0.15) is 0 Å². The summed E-state index contributed by atoms with van der Waals surface area (Å²) in [7, 11) is 1.96. The van der Waals surface area contributed by atoms with Crippen molar-refractivity contribution in [1.29, 1.82) is 0 Å². The fourth-order valence-electron chi connectivity index (χ4n) is 1.01. The summed E-state index contributed by atoms with van der Waals surface area (Å²) < 4.78 is 0. The molecule has 0 fully saturated rings. The van der Waals surface area contributed by atoms with Crippen LogP contribution in [-0.2, 0) is 0 Å². The second-order valence-corrected chi connectivity index (χ2v) is 2.46. The highest BCUT2D eigenvalue weighted by atomic mass is 14.8. The Morgan fingerprint density at radius 1 is 1.55 bits per heavy atom. The zero-order valence-electron chi connectivity index (χ0n) is 7.94. The number of likely N-dealkylation sites (N-methyl/N-ethyl adjacent to an activating group) is 1. The van der Waals surface area contributed by atoms with Crippen molar-refractivity contribution in [2.45, 2.75) is 27.2 Å². The molecule has 0 aromatic carbocycles. The fraction of sp³-hybridized carbons (Fsp3) is 0.667. The van der Waals surface area contributed by atoms with E-state index in [0.717, 1.165) is 18.7 Å². The number of hydrogen-bond donors (Lipinski definition) is 1. The van der Waals surface area contributed by atoms with Gasteiger partial charge in [0.2, 0.25) is 0 Å². The molecule has 0 amide bonds. The quantitative estimate of drug-likeness (QED) is 0.615. The highest BCUT2D eigenvalue weighted by molar-refractivity contribution is 5.55. The smallest absolute Gasteiger partial charge is 0.0373 e. The second-order valence-electron chi connectivity index (χ2n) is 2.46. The Morgan fingerprint density at radius 3 is 2.55 bits per heavy atom. The van der Waals surface area contributed by atoms with E-state index in [1.807, 2.05) is 20.2 Å². The summed E-state index contributed by atoms with van der Waals surface area (Å²) in [6, 6.07) is 0. The van der Waals surface area contributed by atoms with Crippen molar-refractivity contribution < 1.29 is 0 Å². The topological polar surface area (TPSA) is 24.4 Å². The number of aliphatic imine (C=N–C) groups is 1. The lowest BCUT2D eigenvalue weighted by atomic mass is 10.1. The van der Waals surface area contributed by atoms with Crippen LogP contribution in [0.15, 0.2) is 16.3 Å². The van der Waals surface area contributed by atoms with Crippen molar-refractivity contribution in [3.63, 3.8) is 0 Å². The Hall–Kier alpha value is -0.630. The number of nitrogens with zero attached hydrogens (tertiary/aromatic N) is 1. The average molecular weight is 154 g/mol. The molecule has 0 aromatic rings. The van der Waals surface area contributed by atoms with E-state index < -0.39 is 0 Å². The molecule has 0 saturated carbocycles. The molecule has 11 heavy (non-hydrogen) atoms. The van der Waals surface area contributed by atoms with Crippen molar-refractivity contribution in [1.82, 2.24) is 5.32 Å². The normalized spacial score (nSPS) is 13.8. The third kappa shape index (κ3) is 3.94. The first-order chi connectivity index (χ1) is 5.26. The molecular formula is C9H18N2. The number of rotatable bonds is 4. The molecule has 0 heterocycles. The molecule has 0 saturated heterocycles. The Labute approximate surface area is 69.4 Å². The molecule has 0 aliphatic rings. The summed E-state index contributed by atoms with van der Waals surface area (Å²) in [6.07, 6.45) is 2.91. The molecule has 0 bridgehead atoms. The van der Waals surface area contributed by atoms with Crippen LogP contribution in [-0.4, -0.2) is 19.8 Å². The van der Waals surface area contributed by atoms with Crippen molar-refractivity contribution in [2.75, 3.05) is 13.6 Å². The molecule has 0 aliphatic heterocycles. The molecule has 0 rings (SSSR count). The Bertz CT molecular complexity index is 157. The van der Waals surface area contributed by atoms with Crippen LogP contribution >= 0.6 is 0 Å². The van der Waals surface area contributed by atoms with E-state index >= 15 is 0 Å². The number of nitrogens with one attached hydrogen (secondary N) is 1. The Kier molecular flexibility index (Phi) is 5.75. The van der Waals surface area contributed by atoms with Crippen LogP contribution in [0.4, 0.5) is 0 Å². The van der Waals surface area contributed by atoms with Gasteiger partial charge in [-0.2, -0.15) is 0 Å². The predicted molar refractivity (Wildman–Crippen MR) is 51.1 cm³/mol. The summed E-state index contributed by atoms with van der Waals surface area (Å²) in [5.41, 5.74) is 2.52. The SMILES string of the molecule is CC=NC(C)=C(CC)CNC. The Balaban J connectivity index is 4.26. The minimum Gasteiger partial charge on any atom is -0.316 e. The third-order valence-electron chi connectivity index (χ3n) is 1.65. The van der Waals surface area contributed by atoms with Crippen LogP contribution in [0.2, 0.25) is 0 Å². The summed E-state index contributed by atoms with van der Waals surface area (Å²) in [5, 5.41) is 3.13. The number of hydrogen-bond acceptors (Lipinski definition) is 2. The van der Waals surface area contributed by atoms with Gasteiger partial charge in [0.25, 0.3) is 0 Å². The molecule has 0 unspecified atom stereocenters. The van der Waals surface area contributed by atoms with Crippen LogP contribution in [0.3, 0.4) is 0 Å². The second kappa shape index (κ2) is 6.10. The molecule has 0 atom stereocenters. The molecule has 64 valence electrons. The maximum Gasteiger partial charge on any atom is 0.0373 e. The van der Waals surface area contributed by atoms with Crippen molar-refractivity contribution in [2.24, 2.45) is 4.99 Å². The molecule has 1 N–H and O–H groups in total. The van der Waals surface area contributed by atoms with E-state index in [2.05, 4.69) is 24.2 Å². The van der Waals surface area contributed by atoms with Crippen molar-refractivity contribution >= 4 is 6.21 Å². The van der Waals surface area contributed by atoms with Crippen molar-refractivity contribution in [3.05, 3.63) is 11.3 Å². The van der Waals surface area contributed by atoms with Gasteiger partial charge in [-0.3, -0.25) is 4.99 Å². The van der Waals surface area contributed by atoms with Crippen molar-refractivity contribution in [3.8, 4) is 0 Å². The average Bonchev–Trinajstić information content (AvgIpc) is 2.00. The summed E-state index contributed by atoms with van der Waals surface area (Å²) in [5.74, 6) is 0. The Morgan fingerprint density at radius 2 is 2.18 bits per heavy atom. The first-order valence-corrected chi connectivity index (χ1v) is 4.08.